The summed E-state index contributed by atoms with van der Waals surface area (Å²) in [5.74, 6) is -0.850. The highest BCUT2D eigenvalue weighted by atomic mass is 16.8. The predicted octanol–water partition coefficient (Wildman–Crippen LogP) is 4.42. The summed E-state index contributed by atoms with van der Waals surface area (Å²) < 4.78 is 5.30. The summed E-state index contributed by atoms with van der Waals surface area (Å²) in [7, 11) is 0. The average molecular weight is 372 g/mol. The number of rotatable bonds is 3. The van der Waals surface area contributed by atoms with E-state index in [0.717, 1.165) is 10.6 Å². The number of anilines is 1. The van der Waals surface area contributed by atoms with E-state index in [4.69, 9.17) is 9.57 Å². The van der Waals surface area contributed by atoms with Crippen LogP contribution >= 0.6 is 0 Å². The van der Waals surface area contributed by atoms with Gasteiger partial charge < -0.3 is 9.57 Å². The minimum Gasteiger partial charge on any atom is -0.441 e. The van der Waals surface area contributed by atoms with Crippen LogP contribution in [0.4, 0.5) is 16.2 Å². The lowest BCUT2D eigenvalue weighted by Crippen LogP contribution is -2.38. The number of carbonyl (C=O) groups excluding carboxylic acids is 2. The maximum absolute atomic E-state index is 12.5. The van der Waals surface area contributed by atoms with Crippen molar-refractivity contribution in [2.75, 3.05) is 5.06 Å². The van der Waals surface area contributed by atoms with Crippen LogP contribution in [0, 0.1) is 17.0 Å². The van der Waals surface area contributed by atoms with Crippen molar-refractivity contribution < 1.29 is 24.1 Å². The van der Waals surface area contributed by atoms with Crippen molar-refractivity contribution in [3.63, 3.8) is 0 Å². The molecule has 8 heteroatoms. The highest BCUT2D eigenvalue weighted by molar-refractivity contribution is 5.94. The fourth-order valence-electron chi connectivity index (χ4n) is 2.11. The Labute approximate surface area is 156 Å². The molecule has 0 aliphatic carbocycles. The van der Waals surface area contributed by atoms with Gasteiger partial charge in [0.2, 0.25) is 0 Å². The first-order valence-corrected chi connectivity index (χ1v) is 8.13. The van der Waals surface area contributed by atoms with Crippen molar-refractivity contribution in [1.29, 1.82) is 0 Å². The Bertz CT molecular complexity index is 855. The Morgan fingerprint density at radius 2 is 1.70 bits per heavy atom. The number of hydrogen-bond acceptors (Lipinski definition) is 6. The summed E-state index contributed by atoms with van der Waals surface area (Å²) >= 11 is 0. The Balaban J connectivity index is 2.29. The summed E-state index contributed by atoms with van der Waals surface area (Å²) in [6.07, 6.45) is -0.858. The van der Waals surface area contributed by atoms with Crippen LogP contribution in [0.25, 0.3) is 0 Å². The van der Waals surface area contributed by atoms with Gasteiger partial charge in [-0.1, -0.05) is 12.1 Å². The Morgan fingerprint density at radius 3 is 2.22 bits per heavy atom. The molecule has 0 aliphatic rings. The number of nitrogens with zero attached hydrogens (tertiary/aromatic N) is 2. The van der Waals surface area contributed by atoms with Crippen molar-refractivity contribution in [1.82, 2.24) is 0 Å². The number of carbonyl (C=O) groups is 2. The lowest BCUT2D eigenvalue weighted by Gasteiger charge is -2.26. The molecule has 142 valence electrons. The van der Waals surface area contributed by atoms with E-state index in [1.165, 1.54) is 24.3 Å². The van der Waals surface area contributed by atoms with Crippen LogP contribution in [-0.2, 0) is 9.57 Å². The number of nitro benzene ring substituents is 1. The molecule has 2 aromatic carbocycles. The monoisotopic (exact) mass is 372 g/mol. The average Bonchev–Trinajstić information content (AvgIpc) is 2.57. The van der Waals surface area contributed by atoms with E-state index in [0.29, 0.717) is 5.69 Å². The molecule has 0 atom stereocenters. The van der Waals surface area contributed by atoms with Gasteiger partial charge in [-0.3, -0.25) is 10.1 Å². The van der Waals surface area contributed by atoms with E-state index >= 15 is 0 Å². The second-order valence-electron chi connectivity index (χ2n) is 6.80. The van der Waals surface area contributed by atoms with Crippen LogP contribution < -0.4 is 5.06 Å². The molecular weight excluding hydrogens is 352 g/mol. The molecule has 2 aromatic rings. The molecule has 0 heterocycles. The summed E-state index contributed by atoms with van der Waals surface area (Å²) in [4.78, 5) is 40.3. The number of amides is 1. The van der Waals surface area contributed by atoms with Crippen LogP contribution in [0.5, 0.6) is 0 Å². The number of non-ortho nitro benzene ring substituents is 1. The topological polar surface area (TPSA) is 99.0 Å². The third-order valence-corrected chi connectivity index (χ3v) is 3.28. The van der Waals surface area contributed by atoms with Crippen molar-refractivity contribution in [2.45, 2.75) is 33.3 Å². The summed E-state index contributed by atoms with van der Waals surface area (Å²) in [5.41, 5.74) is 0.279. The van der Waals surface area contributed by atoms with Gasteiger partial charge in [0.15, 0.2) is 0 Å². The van der Waals surface area contributed by atoms with Crippen molar-refractivity contribution in [3.8, 4) is 0 Å². The van der Waals surface area contributed by atoms with Crippen molar-refractivity contribution in [3.05, 3.63) is 69.8 Å². The number of aryl methyl sites for hydroxylation is 1. The zero-order chi connectivity index (χ0) is 20.2. The normalized spacial score (nSPS) is 10.8. The first-order chi connectivity index (χ1) is 12.6. The Kier molecular flexibility index (Phi) is 5.79. The second kappa shape index (κ2) is 7.86. The molecule has 0 saturated carbocycles. The summed E-state index contributed by atoms with van der Waals surface area (Å²) in [6.45, 7) is 6.90. The lowest BCUT2D eigenvalue weighted by molar-refractivity contribution is -0.384. The van der Waals surface area contributed by atoms with Gasteiger partial charge in [-0.05, 0) is 57.5 Å². The van der Waals surface area contributed by atoms with Gasteiger partial charge >= 0.3 is 12.1 Å². The molecule has 0 aromatic heterocycles. The third kappa shape index (κ3) is 5.53. The SMILES string of the molecule is Cc1cccc(N(OC(=O)c2ccc([N+](=O)[O-])cc2)C(=O)OC(C)(C)C)c1. The van der Waals surface area contributed by atoms with Crippen LogP contribution in [-0.4, -0.2) is 22.6 Å². The minimum absolute atomic E-state index is 0.0572. The molecule has 1 amide bonds. The first-order valence-electron chi connectivity index (χ1n) is 8.13. The van der Waals surface area contributed by atoms with Crippen LogP contribution in [0.15, 0.2) is 48.5 Å². The quantitative estimate of drug-likeness (QED) is 0.584. The van der Waals surface area contributed by atoms with Crippen LogP contribution in [0.2, 0.25) is 0 Å². The second-order valence-corrected chi connectivity index (χ2v) is 6.80. The predicted molar refractivity (Wildman–Crippen MR) is 98.4 cm³/mol. The molecule has 0 spiro atoms. The smallest absolute Gasteiger partial charge is 0.441 e. The Hall–Kier alpha value is -3.42. The van der Waals surface area contributed by atoms with Crippen molar-refractivity contribution >= 4 is 23.4 Å². The molecule has 0 unspecified atom stereocenters. The zero-order valence-electron chi connectivity index (χ0n) is 15.5. The molecule has 0 bridgehead atoms. The van der Waals surface area contributed by atoms with Gasteiger partial charge in [-0.15, -0.1) is 5.06 Å². The summed E-state index contributed by atoms with van der Waals surface area (Å²) in [5, 5.41) is 11.5. The number of benzene rings is 2. The highest BCUT2D eigenvalue weighted by Crippen LogP contribution is 2.21. The van der Waals surface area contributed by atoms with Crippen LogP contribution in [0.3, 0.4) is 0 Å². The number of hydroxylamine groups is 1. The van der Waals surface area contributed by atoms with E-state index in [-0.39, 0.29) is 11.3 Å². The lowest BCUT2D eigenvalue weighted by atomic mass is 10.2. The molecule has 0 aliphatic heterocycles. The molecule has 0 radical (unpaired) electrons. The number of nitro groups is 1. The van der Waals surface area contributed by atoms with Gasteiger partial charge in [0.25, 0.3) is 5.69 Å². The summed E-state index contributed by atoms with van der Waals surface area (Å²) in [6, 6.07) is 11.7. The largest absolute Gasteiger partial charge is 0.448 e. The van der Waals surface area contributed by atoms with Crippen molar-refractivity contribution in [2.24, 2.45) is 0 Å². The highest BCUT2D eigenvalue weighted by Gasteiger charge is 2.28. The van der Waals surface area contributed by atoms with Gasteiger partial charge in [0.05, 0.1) is 16.2 Å². The number of hydrogen-bond donors (Lipinski definition) is 0. The molecule has 0 N–H and O–H groups in total. The fraction of sp³-hybridized carbons (Fsp3) is 0.263. The van der Waals surface area contributed by atoms with E-state index < -0.39 is 22.6 Å². The maximum Gasteiger partial charge on any atom is 0.448 e. The molecule has 27 heavy (non-hydrogen) atoms. The molecule has 8 nitrogen and oxygen atoms in total. The van der Waals surface area contributed by atoms with Crippen LogP contribution in [0.1, 0.15) is 36.7 Å². The molecular formula is C19H20N2O6. The minimum atomic E-state index is -0.858. The molecule has 2 rings (SSSR count). The first kappa shape index (κ1) is 19.9. The van der Waals surface area contributed by atoms with Gasteiger partial charge in [0, 0.05) is 12.1 Å². The maximum atomic E-state index is 12.5. The zero-order valence-corrected chi connectivity index (χ0v) is 15.5. The third-order valence-electron chi connectivity index (χ3n) is 3.28. The fourth-order valence-corrected chi connectivity index (χ4v) is 2.11. The number of ether oxygens (including phenoxy) is 1. The molecule has 0 fully saturated rings. The van der Waals surface area contributed by atoms with E-state index in [2.05, 4.69) is 0 Å². The van der Waals surface area contributed by atoms with E-state index in [9.17, 15) is 19.7 Å². The molecule has 0 saturated heterocycles. The van der Waals surface area contributed by atoms with Gasteiger partial charge in [0.1, 0.15) is 5.60 Å². The standard InChI is InChI=1S/C19H20N2O6/c1-13-6-5-7-16(12-13)20(18(23)26-19(2,3)4)27-17(22)14-8-10-15(11-9-14)21(24)25/h5-12H,1-4H3. The van der Waals surface area contributed by atoms with E-state index in [1.807, 2.05) is 13.0 Å². The Morgan fingerprint density at radius 1 is 1.07 bits per heavy atom. The van der Waals surface area contributed by atoms with E-state index in [1.54, 1.807) is 39.0 Å². The van der Waals surface area contributed by atoms with Gasteiger partial charge in [-0.25, -0.2) is 9.59 Å². The van der Waals surface area contributed by atoms with Gasteiger partial charge in [-0.2, -0.15) is 0 Å².